The van der Waals surface area contributed by atoms with Gasteiger partial charge in [0.2, 0.25) is 0 Å². The minimum atomic E-state index is -1.06. The monoisotopic (exact) mass is 470 g/mol. The lowest BCUT2D eigenvalue weighted by molar-refractivity contribution is -0.138. The molecule has 3 rings (SSSR count). The number of nitrogens with two attached hydrogens (primary N) is 2. The number of benzene rings is 2. The molecule has 9 nitrogen and oxygen atoms in total. The van der Waals surface area contributed by atoms with E-state index in [0.29, 0.717) is 17.0 Å². The van der Waals surface area contributed by atoms with E-state index < -0.39 is 30.4 Å². The summed E-state index contributed by atoms with van der Waals surface area (Å²) in [6, 6.07) is 12.1. The lowest BCUT2D eigenvalue weighted by Crippen LogP contribution is -2.36. The van der Waals surface area contributed by atoms with Crippen LogP contribution in [0.15, 0.2) is 48.5 Å². The predicted octanol–water partition coefficient (Wildman–Crippen LogP) is 2.52. The molecule has 3 unspecified atom stereocenters. The number of amides is 1. The SMILES string of the molecule is CC1C(Oc2ccc(CC(N)C(=O)O)cc2)OC(=O)N1c1ccc(C(=N)N)cc1.Cl.Cl. The number of hydrogen-bond acceptors (Lipinski definition) is 6. The maximum Gasteiger partial charge on any atom is 0.417 e. The van der Waals surface area contributed by atoms with E-state index in [0.717, 1.165) is 5.56 Å². The normalized spacial score (nSPS) is 18.3. The second-order valence-electron chi connectivity index (χ2n) is 6.73. The second-order valence-corrected chi connectivity index (χ2v) is 6.73. The average Bonchev–Trinajstić information content (AvgIpc) is 2.96. The van der Waals surface area contributed by atoms with E-state index in [1.165, 1.54) is 4.90 Å². The van der Waals surface area contributed by atoms with Crippen LogP contribution >= 0.6 is 24.8 Å². The summed E-state index contributed by atoms with van der Waals surface area (Å²) in [7, 11) is 0. The molecule has 168 valence electrons. The van der Waals surface area contributed by atoms with Gasteiger partial charge in [0.15, 0.2) is 0 Å². The van der Waals surface area contributed by atoms with Crippen LogP contribution in [0.2, 0.25) is 0 Å². The quantitative estimate of drug-likeness (QED) is 0.358. The lowest BCUT2D eigenvalue weighted by atomic mass is 10.1. The van der Waals surface area contributed by atoms with Crippen LogP contribution in [-0.4, -0.2) is 41.4 Å². The highest BCUT2D eigenvalue weighted by Gasteiger charge is 2.41. The molecular weight excluding hydrogens is 447 g/mol. The Labute approximate surface area is 191 Å². The van der Waals surface area contributed by atoms with Crippen molar-refractivity contribution in [2.45, 2.75) is 31.7 Å². The summed E-state index contributed by atoms with van der Waals surface area (Å²) >= 11 is 0. The first-order valence-corrected chi connectivity index (χ1v) is 8.94. The van der Waals surface area contributed by atoms with Crippen molar-refractivity contribution in [1.82, 2.24) is 0 Å². The van der Waals surface area contributed by atoms with Crippen molar-refractivity contribution >= 4 is 48.4 Å². The van der Waals surface area contributed by atoms with Crippen LogP contribution in [0.4, 0.5) is 10.5 Å². The van der Waals surface area contributed by atoms with Gasteiger partial charge in [0, 0.05) is 11.3 Å². The summed E-state index contributed by atoms with van der Waals surface area (Å²) < 4.78 is 11.1. The summed E-state index contributed by atoms with van der Waals surface area (Å²) in [4.78, 5) is 24.6. The summed E-state index contributed by atoms with van der Waals surface area (Å²) in [6.45, 7) is 1.80. The number of rotatable bonds is 7. The first-order valence-electron chi connectivity index (χ1n) is 8.94. The number of nitrogens with zero attached hydrogens (tertiary/aromatic N) is 1. The zero-order valence-electron chi connectivity index (χ0n) is 16.6. The Morgan fingerprint density at radius 2 is 1.77 bits per heavy atom. The van der Waals surface area contributed by atoms with E-state index in [1.807, 2.05) is 0 Å². The zero-order chi connectivity index (χ0) is 21.1. The van der Waals surface area contributed by atoms with Crippen LogP contribution in [-0.2, 0) is 16.0 Å². The molecular formula is C20H24Cl2N4O5. The third-order valence-electron chi connectivity index (χ3n) is 4.62. The minimum Gasteiger partial charge on any atom is -0.480 e. The van der Waals surface area contributed by atoms with Crippen molar-refractivity contribution in [3.8, 4) is 5.75 Å². The van der Waals surface area contributed by atoms with Crippen LogP contribution in [0.5, 0.6) is 5.75 Å². The van der Waals surface area contributed by atoms with E-state index in [4.69, 9.17) is 31.5 Å². The van der Waals surface area contributed by atoms with Crippen LogP contribution in [0, 0.1) is 5.41 Å². The number of halogens is 2. The molecule has 1 amide bonds. The van der Waals surface area contributed by atoms with Gasteiger partial charge in [-0.1, -0.05) is 12.1 Å². The van der Waals surface area contributed by atoms with E-state index in [1.54, 1.807) is 55.5 Å². The molecule has 6 N–H and O–H groups in total. The Bertz CT molecular complexity index is 924. The summed E-state index contributed by atoms with van der Waals surface area (Å²) in [5, 5.41) is 16.3. The van der Waals surface area contributed by atoms with Crippen LogP contribution in [0.3, 0.4) is 0 Å². The van der Waals surface area contributed by atoms with Crippen LogP contribution in [0.1, 0.15) is 18.1 Å². The van der Waals surface area contributed by atoms with Gasteiger partial charge in [-0.25, -0.2) is 4.79 Å². The third-order valence-corrected chi connectivity index (χ3v) is 4.62. The fourth-order valence-corrected chi connectivity index (χ4v) is 2.99. The average molecular weight is 471 g/mol. The summed E-state index contributed by atoms with van der Waals surface area (Å²) in [5.41, 5.74) is 12.9. The lowest BCUT2D eigenvalue weighted by Gasteiger charge is -2.21. The van der Waals surface area contributed by atoms with Gasteiger partial charge in [-0.3, -0.25) is 15.1 Å². The molecule has 0 aliphatic carbocycles. The Balaban J connectivity index is 0.00000240. The smallest absolute Gasteiger partial charge is 0.417 e. The minimum absolute atomic E-state index is 0. The summed E-state index contributed by atoms with van der Waals surface area (Å²) in [6.07, 6.45) is -1.15. The molecule has 11 heteroatoms. The molecule has 0 spiro atoms. The van der Waals surface area contributed by atoms with E-state index in [2.05, 4.69) is 0 Å². The molecule has 2 aromatic carbocycles. The number of anilines is 1. The van der Waals surface area contributed by atoms with Crippen LogP contribution < -0.4 is 21.1 Å². The molecule has 3 atom stereocenters. The number of carbonyl (C=O) groups is 2. The molecule has 1 saturated heterocycles. The van der Waals surface area contributed by atoms with Crippen molar-refractivity contribution in [3.05, 3.63) is 59.7 Å². The molecule has 1 heterocycles. The fraction of sp³-hybridized carbons (Fsp3) is 0.250. The molecule has 1 aliphatic heterocycles. The van der Waals surface area contributed by atoms with E-state index in [9.17, 15) is 9.59 Å². The molecule has 0 aromatic heterocycles. The van der Waals surface area contributed by atoms with Crippen LogP contribution in [0.25, 0.3) is 0 Å². The first kappa shape index (κ1) is 26.0. The number of carbonyl (C=O) groups excluding carboxylic acids is 1. The molecule has 2 aromatic rings. The number of cyclic esters (lactones) is 1. The number of nitrogens with one attached hydrogen (secondary N) is 1. The van der Waals surface area contributed by atoms with Crippen molar-refractivity contribution < 1.29 is 24.2 Å². The van der Waals surface area contributed by atoms with Gasteiger partial charge in [0.05, 0.1) is 0 Å². The van der Waals surface area contributed by atoms with Gasteiger partial charge < -0.3 is 26.0 Å². The highest BCUT2D eigenvalue weighted by molar-refractivity contribution is 5.96. The van der Waals surface area contributed by atoms with Gasteiger partial charge in [0.1, 0.15) is 23.7 Å². The second kappa shape index (κ2) is 10.9. The molecule has 0 saturated carbocycles. The van der Waals surface area contributed by atoms with Gasteiger partial charge in [-0.15, -0.1) is 24.8 Å². The van der Waals surface area contributed by atoms with Gasteiger partial charge in [-0.05, 0) is 55.3 Å². The number of hydrogen-bond donors (Lipinski definition) is 4. The predicted molar refractivity (Wildman–Crippen MR) is 121 cm³/mol. The standard InChI is InChI=1S/C20H22N4O5.2ClH/c1-11-19(28-15-8-2-12(3-9-15)10-16(21)18(25)26)29-20(27)24(11)14-6-4-13(5-7-14)17(22)23;;/h2-9,11,16,19H,10,21H2,1H3,(H3,22,23)(H,25,26);2*1H. The molecule has 31 heavy (non-hydrogen) atoms. The van der Waals surface area contributed by atoms with E-state index in [-0.39, 0.29) is 37.1 Å². The van der Waals surface area contributed by atoms with Crippen molar-refractivity contribution in [2.24, 2.45) is 11.5 Å². The van der Waals surface area contributed by atoms with E-state index >= 15 is 0 Å². The first-order chi connectivity index (χ1) is 13.8. The number of ether oxygens (including phenoxy) is 2. The molecule has 0 radical (unpaired) electrons. The number of aliphatic carboxylic acids is 1. The Morgan fingerprint density at radius 3 is 2.29 bits per heavy atom. The Morgan fingerprint density at radius 1 is 1.19 bits per heavy atom. The van der Waals surface area contributed by atoms with Gasteiger partial charge in [-0.2, -0.15) is 0 Å². The van der Waals surface area contributed by atoms with Crippen molar-refractivity contribution in [3.63, 3.8) is 0 Å². The molecule has 0 bridgehead atoms. The summed E-state index contributed by atoms with van der Waals surface area (Å²) in [5.74, 6) is -0.632. The Kier molecular flexibility index (Phi) is 9.11. The maximum absolute atomic E-state index is 12.3. The highest BCUT2D eigenvalue weighted by Crippen LogP contribution is 2.29. The van der Waals surface area contributed by atoms with Gasteiger partial charge in [0.25, 0.3) is 6.29 Å². The van der Waals surface area contributed by atoms with Gasteiger partial charge >= 0.3 is 12.1 Å². The molecule has 1 aliphatic rings. The fourth-order valence-electron chi connectivity index (χ4n) is 2.99. The van der Waals surface area contributed by atoms with Crippen molar-refractivity contribution in [2.75, 3.05) is 4.90 Å². The zero-order valence-corrected chi connectivity index (χ0v) is 18.2. The molecule has 1 fully saturated rings. The Hall–Kier alpha value is -3.01. The van der Waals surface area contributed by atoms with Crippen molar-refractivity contribution in [1.29, 1.82) is 5.41 Å². The number of nitrogen functional groups attached to an aromatic ring is 1. The number of carboxylic acids is 1. The maximum atomic E-state index is 12.3. The number of amidine groups is 1. The largest absolute Gasteiger partial charge is 0.480 e. The number of carboxylic acid groups (broad SMARTS) is 1. The highest BCUT2D eigenvalue weighted by atomic mass is 35.5. The topological polar surface area (TPSA) is 152 Å². The third kappa shape index (κ3) is 6.00.